The Hall–Kier alpha value is -2.87. The minimum atomic E-state index is -0.386. The van der Waals surface area contributed by atoms with Crippen molar-refractivity contribution in [2.45, 2.75) is 58.9 Å². The first-order valence-electron chi connectivity index (χ1n) is 12.0. The first-order chi connectivity index (χ1) is 15.8. The molecule has 1 aromatic carbocycles. The van der Waals surface area contributed by atoms with E-state index in [4.69, 9.17) is 0 Å². The maximum Gasteiger partial charge on any atom is 0.295 e. The van der Waals surface area contributed by atoms with Gasteiger partial charge >= 0.3 is 0 Å². The zero-order valence-corrected chi connectivity index (χ0v) is 20.3. The van der Waals surface area contributed by atoms with Gasteiger partial charge in [-0.25, -0.2) is 4.68 Å². The van der Waals surface area contributed by atoms with E-state index in [2.05, 4.69) is 22.5 Å². The van der Waals surface area contributed by atoms with Crippen LogP contribution in [0.4, 0.5) is 5.69 Å². The lowest BCUT2D eigenvalue weighted by molar-refractivity contribution is -0.127. The fraction of sp³-hybridized carbons (Fsp3) is 0.560. The molecule has 8 nitrogen and oxygen atoms in total. The van der Waals surface area contributed by atoms with Gasteiger partial charge < -0.3 is 10.6 Å². The predicted molar refractivity (Wildman–Crippen MR) is 131 cm³/mol. The van der Waals surface area contributed by atoms with Crippen LogP contribution in [0.25, 0.3) is 5.69 Å². The maximum atomic E-state index is 13.1. The first-order valence-corrected chi connectivity index (χ1v) is 12.0. The molecule has 180 valence electrons. The molecule has 0 saturated carbocycles. The predicted octanol–water partition coefficient (Wildman–Crippen LogP) is 2.83. The van der Waals surface area contributed by atoms with Crippen LogP contribution in [-0.2, 0) is 16.6 Å². The lowest BCUT2D eigenvalue weighted by atomic mass is 9.95. The third kappa shape index (κ3) is 5.74. The van der Waals surface area contributed by atoms with Gasteiger partial charge in [-0.15, -0.1) is 0 Å². The average Bonchev–Trinajstić information content (AvgIpc) is 3.04. The molecule has 0 bridgehead atoms. The van der Waals surface area contributed by atoms with E-state index in [1.807, 2.05) is 44.2 Å². The standard InChI is InChI=1S/C25H37N5O3/c1-5-6-10-15-26-24(32)20-13-16-29(17-14-20)19(3)23(31)27-22-18(2)28(4)30(25(22)33)21-11-8-7-9-12-21/h7-9,11-12,19-20H,5-6,10,13-17H2,1-4H3,(H,26,32)(H,27,31). The molecule has 2 amide bonds. The van der Waals surface area contributed by atoms with E-state index >= 15 is 0 Å². The Kier molecular flexibility index (Phi) is 8.49. The zero-order valence-electron chi connectivity index (χ0n) is 20.3. The highest BCUT2D eigenvalue weighted by Gasteiger charge is 2.30. The lowest BCUT2D eigenvalue weighted by Crippen LogP contribution is -2.48. The van der Waals surface area contributed by atoms with Gasteiger partial charge in [0.05, 0.1) is 17.4 Å². The maximum absolute atomic E-state index is 13.1. The van der Waals surface area contributed by atoms with Crippen LogP contribution in [0.3, 0.4) is 0 Å². The van der Waals surface area contributed by atoms with Crippen LogP contribution in [-0.4, -0.2) is 51.8 Å². The SMILES string of the molecule is CCCCCNC(=O)C1CCN(C(C)C(=O)Nc2c(C)n(C)n(-c3ccccc3)c2=O)CC1. The number of para-hydroxylation sites is 1. The fourth-order valence-corrected chi connectivity index (χ4v) is 4.39. The minimum absolute atomic E-state index is 0.00702. The zero-order chi connectivity index (χ0) is 24.0. The number of carbonyl (C=O) groups is 2. The summed E-state index contributed by atoms with van der Waals surface area (Å²) in [5.41, 5.74) is 1.50. The van der Waals surface area contributed by atoms with E-state index in [1.165, 1.54) is 0 Å². The van der Waals surface area contributed by atoms with Gasteiger partial charge in [0.2, 0.25) is 11.8 Å². The quantitative estimate of drug-likeness (QED) is 0.569. The molecule has 1 aliphatic heterocycles. The summed E-state index contributed by atoms with van der Waals surface area (Å²) < 4.78 is 3.31. The molecule has 1 aromatic heterocycles. The summed E-state index contributed by atoms with van der Waals surface area (Å²) in [4.78, 5) is 40.5. The van der Waals surface area contributed by atoms with Gasteiger partial charge in [-0.05, 0) is 58.3 Å². The van der Waals surface area contributed by atoms with Crippen LogP contribution >= 0.6 is 0 Å². The number of rotatable bonds is 9. The van der Waals surface area contributed by atoms with Gasteiger partial charge in [0.1, 0.15) is 5.69 Å². The summed E-state index contributed by atoms with van der Waals surface area (Å²) in [7, 11) is 1.81. The summed E-state index contributed by atoms with van der Waals surface area (Å²) in [6, 6.07) is 8.98. The van der Waals surface area contributed by atoms with E-state index < -0.39 is 0 Å². The Morgan fingerprint density at radius 1 is 1.12 bits per heavy atom. The topological polar surface area (TPSA) is 88.4 Å². The van der Waals surface area contributed by atoms with Crippen LogP contribution < -0.4 is 16.2 Å². The van der Waals surface area contributed by atoms with Crippen molar-refractivity contribution in [3.63, 3.8) is 0 Å². The van der Waals surface area contributed by atoms with Crippen LogP contribution in [0.1, 0.15) is 51.6 Å². The van der Waals surface area contributed by atoms with Crippen molar-refractivity contribution >= 4 is 17.5 Å². The molecule has 1 saturated heterocycles. The number of benzene rings is 1. The molecule has 2 aromatic rings. The van der Waals surface area contributed by atoms with Crippen LogP contribution in [0.5, 0.6) is 0 Å². The molecule has 2 heterocycles. The van der Waals surface area contributed by atoms with Crippen molar-refractivity contribution in [1.29, 1.82) is 0 Å². The Labute approximate surface area is 195 Å². The molecule has 3 rings (SSSR count). The number of unbranched alkanes of at least 4 members (excludes halogenated alkanes) is 2. The average molecular weight is 456 g/mol. The summed E-state index contributed by atoms with van der Waals surface area (Å²) in [6.45, 7) is 7.93. The summed E-state index contributed by atoms with van der Waals surface area (Å²) in [5.74, 6) is -0.0692. The number of amides is 2. The minimum Gasteiger partial charge on any atom is -0.356 e. The summed E-state index contributed by atoms with van der Waals surface area (Å²) >= 11 is 0. The third-order valence-corrected chi connectivity index (χ3v) is 6.71. The molecule has 0 aliphatic carbocycles. The smallest absolute Gasteiger partial charge is 0.295 e. The highest BCUT2D eigenvalue weighted by atomic mass is 16.2. The largest absolute Gasteiger partial charge is 0.356 e. The molecule has 33 heavy (non-hydrogen) atoms. The number of hydrogen-bond acceptors (Lipinski definition) is 4. The second-order valence-corrected chi connectivity index (χ2v) is 8.91. The normalized spacial score (nSPS) is 15.9. The molecule has 1 unspecified atom stereocenters. The molecule has 2 N–H and O–H groups in total. The summed E-state index contributed by atoms with van der Waals surface area (Å²) in [6.07, 6.45) is 4.76. The molecule has 0 radical (unpaired) electrons. The van der Waals surface area contributed by atoms with Crippen molar-refractivity contribution < 1.29 is 9.59 Å². The van der Waals surface area contributed by atoms with E-state index in [9.17, 15) is 14.4 Å². The molecular formula is C25H37N5O3. The van der Waals surface area contributed by atoms with Gasteiger partial charge in [-0.1, -0.05) is 38.0 Å². The molecule has 1 fully saturated rings. The van der Waals surface area contributed by atoms with E-state index in [-0.39, 0.29) is 29.3 Å². The highest BCUT2D eigenvalue weighted by molar-refractivity contribution is 5.95. The van der Waals surface area contributed by atoms with Crippen LogP contribution in [0, 0.1) is 12.8 Å². The summed E-state index contributed by atoms with van der Waals surface area (Å²) in [5, 5.41) is 5.91. The molecule has 1 atom stereocenters. The monoisotopic (exact) mass is 455 g/mol. The van der Waals surface area contributed by atoms with E-state index in [1.54, 1.807) is 16.4 Å². The molecule has 1 aliphatic rings. The van der Waals surface area contributed by atoms with Crippen molar-refractivity contribution in [1.82, 2.24) is 19.6 Å². The number of aromatic nitrogens is 2. The van der Waals surface area contributed by atoms with Crippen molar-refractivity contribution in [3.05, 3.63) is 46.4 Å². The Morgan fingerprint density at radius 2 is 1.79 bits per heavy atom. The Balaban J connectivity index is 1.59. The second-order valence-electron chi connectivity index (χ2n) is 8.91. The molecule has 8 heteroatoms. The van der Waals surface area contributed by atoms with Crippen LogP contribution in [0.15, 0.2) is 35.1 Å². The van der Waals surface area contributed by atoms with Gasteiger partial charge in [0.15, 0.2) is 0 Å². The number of nitrogens with one attached hydrogen (secondary N) is 2. The van der Waals surface area contributed by atoms with E-state index in [0.29, 0.717) is 24.5 Å². The van der Waals surface area contributed by atoms with Crippen LogP contribution in [0.2, 0.25) is 0 Å². The number of likely N-dealkylation sites (tertiary alicyclic amines) is 1. The van der Waals surface area contributed by atoms with Crippen molar-refractivity contribution in [2.24, 2.45) is 13.0 Å². The highest BCUT2D eigenvalue weighted by Crippen LogP contribution is 2.20. The van der Waals surface area contributed by atoms with Gasteiger partial charge in [0, 0.05) is 19.5 Å². The van der Waals surface area contributed by atoms with Gasteiger partial charge in [0.25, 0.3) is 5.56 Å². The fourth-order valence-electron chi connectivity index (χ4n) is 4.39. The van der Waals surface area contributed by atoms with Gasteiger partial charge in [-0.2, -0.15) is 0 Å². The second kappa shape index (κ2) is 11.3. The lowest BCUT2D eigenvalue weighted by Gasteiger charge is -2.34. The first kappa shape index (κ1) is 24.8. The van der Waals surface area contributed by atoms with E-state index in [0.717, 1.165) is 44.3 Å². The number of piperidine rings is 1. The Morgan fingerprint density at radius 3 is 2.42 bits per heavy atom. The third-order valence-electron chi connectivity index (χ3n) is 6.71. The van der Waals surface area contributed by atoms with Crippen molar-refractivity contribution in [3.8, 4) is 5.69 Å². The van der Waals surface area contributed by atoms with Gasteiger partial charge in [-0.3, -0.25) is 24.0 Å². The van der Waals surface area contributed by atoms with Crippen molar-refractivity contribution in [2.75, 3.05) is 25.0 Å². The number of hydrogen-bond donors (Lipinski definition) is 2. The molecular weight excluding hydrogens is 418 g/mol. The number of anilines is 1. The number of carbonyl (C=O) groups excluding carboxylic acids is 2. The number of nitrogens with zero attached hydrogens (tertiary/aromatic N) is 3. The molecule has 0 spiro atoms. The Bertz CT molecular complexity index is 1000.